The number of hydrogen-bond donors (Lipinski definition) is 0. The summed E-state index contributed by atoms with van der Waals surface area (Å²) in [5, 5.41) is 4.63. The predicted molar refractivity (Wildman–Crippen MR) is 268 cm³/mol. The molecule has 0 bridgehead atoms. The summed E-state index contributed by atoms with van der Waals surface area (Å²) in [5.41, 5.74) is 15.7. The highest BCUT2D eigenvalue weighted by Crippen LogP contribution is 2.40. The normalized spacial score (nSPS) is 11.4. The first-order valence-corrected chi connectivity index (χ1v) is 21.9. The Morgan fingerprint density at radius 1 is 0.231 bits per heavy atom. The van der Waals surface area contributed by atoms with Gasteiger partial charge in [0.1, 0.15) is 11.2 Å². The summed E-state index contributed by atoms with van der Waals surface area (Å²) in [4.78, 5) is 15.7. The van der Waals surface area contributed by atoms with E-state index in [9.17, 15) is 0 Å². The van der Waals surface area contributed by atoms with Crippen molar-refractivity contribution in [3.63, 3.8) is 0 Å². The van der Waals surface area contributed by atoms with Gasteiger partial charge in [-0.2, -0.15) is 0 Å². The number of furan rings is 1. The number of para-hydroxylation sites is 2. The van der Waals surface area contributed by atoms with Crippen LogP contribution in [0.2, 0.25) is 0 Å². The SMILES string of the molecule is c1ccc(-c2ccccc2-c2nc(-c3ccc(-c4cccc5c(-c6cccc(-c7cccc8c7oc7ccccc78)c6)cccc45)cc3)nc(-c3ccccc3-c3ccccc3)n2)cc1. The van der Waals surface area contributed by atoms with E-state index in [4.69, 9.17) is 19.4 Å². The molecule has 0 atom stereocenters. The first-order valence-electron chi connectivity index (χ1n) is 21.9. The van der Waals surface area contributed by atoms with Gasteiger partial charge in [0.25, 0.3) is 0 Å². The molecule has 2 aromatic heterocycles. The Hall–Kier alpha value is -8.73. The van der Waals surface area contributed by atoms with Crippen LogP contribution >= 0.6 is 0 Å². The van der Waals surface area contributed by atoms with E-state index < -0.39 is 0 Å². The van der Waals surface area contributed by atoms with Crippen LogP contribution in [0.15, 0.2) is 241 Å². The number of nitrogens with zero attached hydrogens (tertiary/aromatic N) is 3. The average molecular weight is 830 g/mol. The molecule has 0 aliphatic carbocycles. The highest BCUT2D eigenvalue weighted by molar-refractivity contribution is 6.10. The van der Waals surface area contributed by atoms with Gasteiger partial charge in [-0.25, -0.2) is 15.0 Å². The van der Waals surface area contributed by atoms with Crippen LogP contribution in [0.5, 0.6) is 0 Å². The van der Waals surface area contributed by atoms with Gasteiger partial charge in [0.15, 0.2) is 17.5 Å². The minimum Gasteiger partial charge on any atom is -0.455 e. The fourth-order valence-electron chi connectivity index (χ4n) is 9.28. The third kappa shape index (κ3) is 6.95. The molecule has 2 heterocycles. The first kappa shape index (κ1) is 38.0. The predicted octanol–water partition coefficient (Wildman–Crippen LogP) is 16.3. The lowest BCUT2D eigenvalue weighted by Crippen LogP contribution is -2.02. The summed E-state index contributed by atoms with van der Waals surface area (Å²) in [7, 11) is 0. The van der Waals surface area contributed by atoms with Gasteiger partial charge in [-0.15, -0.1) is 0 Å². The molecule has 0 N–H and O–H groups in total. The van der Waals surface area contributed by atoms with E-state index >= 15 is 0 Å². The fraction of sp³-hybridized carbons (Fsp3) is 0. The molecule has 0 aliphatic rings. The van der Waals surface area contributed by atoms with E-state index in [-0.39, 0.29) is 0 Å². The quantitative estimate of drug-likeness (QED) is 0.153. The van der Waals surface area contributed by atoms with Crippen molar-refractivity contribution in [1.82, 2.24) is 15.0 Å². The van der Waals surface area contributed by atoms with Crippen molar-refractivity contribution in [1.29, 1.82) is 0 Å². The molecule has 0 spiro atoms. The summed E-state index contributed by atoms with van der Waals surface area (Å²) in [6, 6.07) is 82.9. The van der Waals surface area contributed by atoms with Crippen LogP contribution in [-0.2, 0) is 0 Å². The lowest BCUT2D eigenvalue weighted by atomic mass is 9.91. The zero-order valence-corrected chi connectivity index (χ0v) is 35.3. The van der Waals surface area contributed by atoms with Gasteiger partial charge in [0, 0.05) is 33.0 Å². The summed E-state index contributed by atoms with van der Waals surface area (Å²) in [6.07, 6.45) is 0. The van der Waals surface area contributed by atoms with E-state index in [1.54, 1.807) is 0 Å². The number of rotatable bonds is 8. The maximum Gasteiger partial charge on any atom is 0.164 e. The molecule has 12 rings (SSSR count). The summed E-state index contributed by atoms with van der Waals surface area (Å²) >= 11 is 0. The maximum atomic E-state index is 6.44. The van der Waals surface area contributed by atoms with Crippen LogP contribution in [0, 0.1) is 0 Å². The third-order valence-electron chi connectivity index (χ3n) is 12.4. The highest BCUT2D eigenvalue weighted by atomic mass is 16.3. The second-order valence-electron chi connectivity index (χ2n) is 16.3. The largest absolute Gasteiger partial charge is 0.455 e. The van der Waals surface area contributed by atoms with Crippen molar-refractivity contribution in [3.8, 4) is 89.8 Å². The van der Waals surface area contributed by atoms with Gasteiger partial charge < -0.3 is 4.42 Å². The molecule has 0 aliphatic heterocycles. The van der Waals surface area contributed by atoms with Crippen LogP contribution < -0.4 is 0 Å². The topological polar surface area (TPSA) is 51.8 Å². The van der Waals surface area contributed by atoms with Gasteiger partial charge in [-0.3, -0.25) is 0 Å². The number of benzene rings is 10. The molecule has 0 amide bonds. The Morgan fingerprint density at radius 3 is 1.23 bits per heavy atom. The highest BCUT2D eigenvalue weighted by Gasteiger charge is 2.19. The van der Waals surface area contributed by atoms with Crippen molar-refractivity contribution in [3.05, 3.63) is 237 Å². The zero-order chi connectivity index (χ0) is 43.1. The smallest absolute Gasteiger partial charge is 0.164 e. The second kappa shape index (κ2) is 16.2. The maximum absolute atomic E-state index is 6.44. The van der Waals surface area contributed by atoms with Crippen molar-refractivity contribution in [2.45, 2.75) is 0 Å². The number of aromatic nitrogens is 3. The van der Waals surface area contributed by atoms with Gasteiger partial charge >= 0.3 is 0 Å². The van der Waals surface area contributed by atoms with Gasteiger partial charge in [0.05, 0.1) is 0 Å². The van der Waals surface area contributed by atoms with Crippen LogP contribution in [0.25, 0.3) is 123 Å². The molecule has 0 radical (unpaired) electrons. The fourth-order valence-corrected chi connectivity index (χ4v) is 9.28. The molecule has 10 aromatic carbocycles. The number of hydrogen-bond acceptors (Lipinski definition) is 4. The van der Waals surface area contributed by atoms with Gasteiger partial charge in [-0.1, -0.05) is 224 Å². The Bertz CT molecular complexity index is 3610. The van der Waals surface area contributed by atoms with Crippen molar-refractivity contribution in [2.75, 3.05) is 0 Å². The van der Waals surface area contributed by atoms with E-state index in [1.165, 1.54) is 16.3 Å². The Labute approximate surface area is 376 Å². The average Bonchev–Trinajstić information content (AvgIpc) is 3.78. The van der Waals surface area contributed by atoms with E-state index in [0.717, 1.165) is 88.7 Å². The Balaban J connectivity index is 0.942. The standard InChI is InChI=1S/C61H39N3O/c1-3-17-40(18-4-1)47-23-7-9-26-55(47)60-62-59(63-61(64-60)56-27-10-8-24-48(56)41-19-5-2-6-20-41)43-37-35-42(36-38-43)46-28-14-32-52-49(29-15-31-51(46)52)44-21-13-22-45(39-44)50-30-16-33-54-53-25-11-12-34-57(53)65-58(50)54/h1-39H. The van der Waals surface area contributed by atoms with Crippen molar-refractivity contribution < 1.29 is 4.42 Å². The van der Waals surface area contributed by atoms with Crippen LogP contribution in [0.3, 0.4) is 0 Å². The molecule has 12 aromatic rings. The van der Waals surface area contributed by atoms with Crippen LogP contribution in [0.4, 0.5) is 0 Å². The third-order valence-corrected chi connectivity index (χ3v) is 12.4. The molecule has 0 saturated carbocycles. The van der Waals surface area contributed by atoms with Gasteiger partial charge in [-0.05, 0) is 73.0 Å². The molecule has 0 fully saturated rings. The van der Waals surface area contributed by atoms with Crippen LogP contribution in [-0.4, -0.2) is 15.0 Å². The zero-order valence-electron chi connectivity index (χ0n) is 35.3. The molecule has 0 unspecified atom stereocenters. The van der Waals surface area contributed by atoms with Gasteiger partial charge in [0.2, 0.25) is 0 Å². The second-order valence-corrected chi connectivity index (χ2v) is 16.3. The summed E-state index contributed by atoms with van der Waals surface area (Å²) < 4.78 is 6.44. The van der Waals surface area contributed by atoms with E-state index in [0.29, 0.717) is 17.5 Å². The first-order chi connectivity index (χ1) is 32.2. The van der Waals surface area contributed by atoms with Crippen molar-refractivity contribution in [2.24, 2.45) is 0 Å². The molecule has 0 saturated heterocycles. The minimum atomic E-state index is 0.612. The molecule has 65 heavy (non-hydrogen) atoms. The molecule has 4 heteroatoms. The van der Waals surface area contributed by atoms with E-state index in [1.807, 2.05) is 36.4 Å². The molecular weight excluding hydrogens is 791 g/mol. The summed E-state index contributed by atoms with van der Waals surface area (Å²) in [5.74, 6) is 1.85. The lowest BCUT2D eigenvalue weighted by Gasteiger charge is -2.14. The lowest BCUT2D eigenvalue weighted by molar-refractivity contribution is 0.670. The summed E-state index contributed by atoms with van der Waals surface area (Å²) in [6.45, 7) is 0. The van der Waals surface area contributed by atoms with Crippen LogP contribution in [0.1, 0.15) is 0 Å². The number of fused-ring (bicyclic) bond motifs is 4. The molecular formula is C61H39N3O. The Morgan fingerprint density at radius 2 is 0.615 bits per heavy atom. The monoisotopic (exact) mass is 829 g/mol. The Kier molecular flexibility index (Phi) is 9.46. The minimum absolute atomic E-state index is 0.612. The van der Waals surface area contributed by atoms with Crippen molar-refractivity contribution >= 4 is 32.7 Å². The van der Waals surface area contributed by atoms with E-state index in [2.05, 4.69) is 200 Å². The molecule has 4 nitrogen and oxygen atoms in total. The molecule has 304 valence electrons.